The van der Waals surface area contributed by atoms with Gasteiger partial charge in [-0.15, -0.1) is 0 Å². The Morgan fingerprint density at radius 1 is 1.09 bits per heavy atom. The summed E-state index contributed by atoms with van der Waals surface area (Å²) in [6, 6.07) is 1.88. The van der Waals surface area contributed by atoms with Crippen LogP contribution in [0.2, 0.25) is 0 Å². The van der Waals surface area contributed by atoms with E-state index >= 15 is 0 Å². The van der Waals surface area contributed by atoms with Crippen molar-refractivity contribution in [1.29, 1.82) is 0 Å². The smallest absolute Gasteiger partial charge is 0.342 e. The fourth-order valence-corrected chi connectivity index (χ4v) is 6.53. The van der Waals surface area contributed by atoms with Crippen molar-refractivity contribution in [2.24, 2.45) is 17.3 Å². The average Bonchev–Trinajstić information content (AvgIpc) is 2.85. The van der Waals surface area contributed by atoms with Gasteiger partial charge in [0.15, 0.2) is 5.43 Å². The largest absolute Gasteiger partial charge is 0.487 e. The maximum atomic E-state index is 13.1. The molecule has 4 unspecified atom stereocenters. The standard InChI is InChI=1S/C26H32O6/c1-14-12-16-13-18-25(5)10-9-19(27)31-24(3,4)17(25)8-11-26(18,6)32-22(16)15(2)21(28)20(14)23(29)30-7/h9-10,12,17-18H,8,11,13H2,1-7H3. The van der Waals surface area contributed by atoms with Gasteiger partial charge in [-0.2, -0.15) is 0 Å². The molecule has 1 aliphatic carbocycles. The first-order valence-electron chi connectivity index (χ1n) is 11.2. The van der Waals surface area contributed by atoms with E-state index in [1.54, 1.807) is 19.9 Å². The number of cyclic esters (lactones) is 1. The molecule has 0 spiro atoms. The molecule has 0 saturated heterocycles. The van der Waals surface area contributed by atoms with Crippen LogP contribution in [-0.4, -0.2) is 30.3 Å². The molecule has 2 aliphatic heterocycles. The predicted molar refractivity (Wildman–Crippen MR) is 120 cm³/mol. The molecule has 0 aromatic heterocycles. The van der Waals surface area contributed by atoms with Crippen LogP contribution in [0.4, 0.5) is 0 Å². The summed E-state index contributed by atoms with van der Waals surface area (Å²) in [5, 5.41) is 0. The molecule has 3 aliphatic rings. The van der Waals surface area contributed by atoms with Crippen molar-refractivity contribution >= 4 is 11.9 Å². The Labute approximate surface area is 188 Å². The SMILES string of the molecule is COC(=O)c1c(C)cc2c(c(C)c1=O)OC1(C)CCC3C(C)(C)OC(=O)C=CC3(C)C1C2. The number of hydrogen-bond donors (Lipinski definition) is 0. The van der Waals surface area contributed by atoms with Crippen LogP contribution in [0.1, 0.15) is 67.6 Å². The number of rotatable bonds is 1. The summed E-state index contributed by atoms with van der Waals surface area (Å²) < 4.78 is 17.3. The second-order valence-corrected chi connectivity index (χ2v) is 10.5. The van der Waals surface area contributed by atoms with Crippen molar-refractivity contribution in [1.82, 2.24) is 0 Å². The van der Waals surface area contributed by atoms with Crippen LogP contribution >= 0.6 is 0 Å². The van der Waals surface area contributed by atoms with E-state index < -0.39 is 17.2 Å². The number of allylic oxidation sites excluding steroid dienone is 1. The fourth-order valence-electron chi connectivity index (χ4n) is 6.53. The zero-order valence-electron chi connectivity index (χ0n) is 20.0. The van der Waals surface area contributed by atoms with E-state index in [1.165, 1.54) is 7.11 Å². The summed E-state index contributed by atoms with van der Waals surface area (Å²) in [6.07, 6.45) is 5.84. The van der Waals surface area contributed by atoms with Crippen molar-refractivity contribution in [3.8, 4) is 5.75 Å². The monoisotopic (exact) mass is 440 g/mol. The Hall–Kier alpha value is -2.63. The topological polar surface area (TPSA) is 78.9 Å². The van der Waals surface area contributed by atoms with Crippen LogP contribution in [-0.2, 0) is 20.7 Å². The maximum absolute atomic E-state index is 13.1. The first-order chi connectivity index (χ1) is 14.8. The van der Waals surface area contributed by atoms with Gasteiger partial charge in [-0.1, -0.05) is 19.1 Å². The molecule has 1 aromatic carbocycles. The van der Waals surface area contributed by atoms with Crippen LogP contribution in [0.15, 0.2) is 23.0 Å². The molecule has 6 nitrogen and oxygen atoms in total. The Morgan fingerprint density at radius 2 is 1.78 bits per heavy atom. The zero-order valence-corrected chi connectivity index (χ0v) is 20.0. The van der Waals surface area contributed by atoms with Crippen LogP contribution in [0.5, 0.6) is 5.75 Å². The van der Waals surface area contributed by atoms with Gasteiger partial charge in [0.2, 0.25) is 0 Å². The summed E-state index contributed by atoms with van der Waals surface area (Å²) in [4.78, 5) is 37.8. The highest BCUT2D eigenvalue weighted by atomic mass is 16.6. The second-order valence-electron chi connectivity index (χ2n) is 10.5. The highest BCUT2D eigenvalue weighted by Gasteiger charge is 2.60. The van der Waals surface area contributed by atoms with Gasteiger partial charge in [-0.25, -0.2) is 9.59 Å². The van der Waals surface area contributed by atoms with E-state index in [1.807, 2.05) is 26.0 Å². The lowest BCUT2D eigenvalue weighted by Gasteiger charge is -2.58. The van der Waals surface area contributed by atoms with Gasteiger partial charge in [0, 0.05) is 23.5 Å². The van der Waals surface area contributed by atoms with Crippen LogP contribution in [0, 0.1) is 31.1 Å². The van der Waals surface area contributed by atoms with Crippen LogP contribution in [0.3, 0.4) is 0 Å². The molecule has 4 rings (SSSR count). The number of methoxy groups -OCH3 is 1. The van der Waals surface area contributed by atoms with Gasteiger partial charge in [0.25, 0.3) is 0 Å². The summed E-state index contributed by atoms with van der Waals surface area (Å²) in [6.45, 7) is 11.7. The number of carbonyl (C=O) groups excluding carboxylic acids is 2. The van der Waals surface area contributed by atoms with Gasteiger partial charge in [-0.05, 0) is 70.4 Å². The van der Waals surface area contributed by atoms with E-state index in [9.17, 15) is 14.4 Å². The molecule has 0 radical (unpaired) electrons. The molecule has 0 N–H and O–H groups in total. The predicted octanol–water partition coefficient (Wildman–Crippen LogP) is 4.07. The van der Waals surface area contributed by atoms with Gasteiger partial charge in [-0.3, -0.25) is 4.79 Å². The van der Waals surface area contributed by atoms with Crippen molar-refractivity contribution in [2.45, 2.75) is 72.0 Å². The summed E-state index contributed by atoms with van der Waals surface area (Å²) in [7, 11) is 1.28. The minimum Gasteiger partial charge on any atom is -0.487 e. The zero-order chi connectivity index (χ0) is 23.6. The lowest BCUT2D eigenvalue weighted by atomic mass is 9.51. The molecule has 6 heteroatoms. The number of hydrogen-bond acceptors (Lipinski definition) is 6. The molecule has 1 fully saturated rings. The van der Waals surface area contributed by atoms with E-state index in [2.05, 4.69) is 13.8 Å². The molecule has 32 heavy (non-hydrogen) atoms. The number of carbonyl (C=O) groups is 2. The lowest BCUT2D eigenvalue weighted by molar-refractivity contribution is -0.173. The van der Waals surface area contributed by atoms with Crippen molar-refractivity contribution in [3.63, 3.8) is 0 Å². The van der Waals surface area contributed by atoms with Crippen LogP contribution in [0.25, 0.3) is 0 Å². The Morgan fingerprint density at radius 3 is 2.44 bits per heavy atom. The van der Waals surface area contributed by atoms with Gasteiger partial charge in [0.05, 0.1) is 7.11 Å². The number of aryl methyl sites for hydroxylation is 1. The third-order valence-corrected chi connectivity index (χ3v) is 8.08. The second kappa shape index (κ2) is 7.19. The molecule has 0 amide bonds. The third kappa shape index (κ3) is 3.18. The Balaban J connectivity index is 1.91. The Kier molecular flexibility index (Phi) is 5.07. The maximum Gasteiger partial charge on any atom is 0.342 e. The van der Waals surface area contributed by atoms with Gasteiger partial charge in [0.1, 0.15) is 22.5 Å². The lowest BCUT2D eigenvalue weighted by Crippen LogP contribution is -2.60. The highest BCUT2D eigenvalue weighted by Crippen LogP contribution is 2.60. The summed E-state index contributed by atoms with van der Waals surface area (Å²) in [5.74, 6) is -0.201. The van der Waals surface area contributed by atoms with E-state index in [-0.39, 0.29) is 34.2 Å². The summed E-state index contributed by atoms with van der Waals surface area (Å²) in [5.41, 5.74) is 0.131. The molecular formula is C26H32O6. The number of esters is 2. The first-order valence-corrected chi connectivity index (χ1v) is 11.2. The van der Waals surface area contributed by atoms with E-state index in [0.717, 1.165) is 18.4 Å². The number of fused-ring (bicyclic) bond motifs is 4. The molecule has 0 bridgehead atoms. The van der Waals surface area contributed by atoms with Crippen molar-refractivity contribution in [3.05, 3.63) is 50.7 Å². The molecule has 1 aromatic rings. The molecular weight excluding hydrogens is 408 g/mol. The van der Waals surface area contributed by atoms with Gasteiger partial charge >= 0.3 is 11.9 Å². The quantitative estimate of drug-likeness (QED) is 0.613. The molecule has 1 saturated carbocycles. The minimum absolute atomic E-state index is 0.0507. The third-order valence-electron chi connectivity index (χ3n) is 8.08. The van der Waals surface area contributed by atoms with Crippen molar-refractivity contribution < 1.29 is 23.8 Å². The molecule has 4 atom stereocenters. The first kappa shape index (κ1) is 22.6. The average molecular weight is 441 g/mol. The fraction of sp³-hybridized carbons (Fsp3) is 0.577. The minimum atomic E-state index is -0.636. The normalized spacial score (nSPS) is 32.4. The molecule has 2 heterocycles. The van der Waals surface area contributed by atoms with E-state index in [4.69, 9.17) is 14.2 Å². The Bertz CT molecular complexity index is 1100. The number of ether oxygens (including phenoxy) is 3. The van der Waals surface area contributed by atoms with Crippen molar-refractivity contribution in [2.75, 3.05) is 7.11 Å². The summed E-state index contributed by atoms with van der Waals surface area (Å²) >= 11 is 0. The van der Waals surface area contributed by atoms with Crippen LogP contribution < -0.4 is 10.2 Å². The molecule has 172 valence electrons. The van der Waals surface area contributed by atoms with E-state index in [0.29, 0.717) is 23.3 Å². The van der Waals surface area contributed by atoms with Gasteiger partial charge < -0.3 is 14.2 Å². The highest BCUT2D eigenvalue weighted by molar-refractivity contribution is 5.91.